The molecule has 0 N–H and O–H groups in total. The molecule has 2 fully saturated rings. The highest BCUT2D eigenvalue weighted by Gasteiger charge is 2.42. The van der Waals surface area contributed by atoms with Crippen LogP contribution < -0.4 is 5.56 Å². The van der Waals surface area contributed by atoms with Crippen LogP contribution in [0.4, 0.5) is 0 Å². The number of amides is 2. The van der Waals surface area contributed by atoms with E-state index in [-0.39, 0.29) is 22.8 Å². The van der Waals surface area contributed by atoms with Crippen LogP contribution in [-0.4, -0.2) is 52.4 Å². The summed E-state index contributed by atoms with van der Waals surface area (Å²) < 4.78 is 1.44. The molecule has 0 aliphatic carbocycles. The molecule has 142 valence electrons. The number of aromatic nitrogens is 1. The molecule has 26 heavy (non-hydrogen) atoms. The van der Waals surface area contributed by atoms with E-state index in [1.165, 1.54) is 10.6 Å². The number of aryl methyl sites for hydroxylation is 1. The van der Waals surface area contributed by atoms with E-state index in [0.717, 1.165) is 51.7 Å². The van der Waals surface area contributed by atoms with Crippen molar-refractivity contribution in [3.05, 3.63) is 34.2 Å². The number of hydrogen-bond acceptors (Lipinski definition) is 3. The first kappa shape index (κ1) is 18.7. The summed E-state index contributed by atoms with van der Waals surface area (Å²) in [5.41, 5.74) is 0.462. The average Bonchev–Trinajstić information content (AvgIpc) is 2.64. The Bertz CT molecular complexity index is 742. The lowest BCUT2D eigenvalue weighted by atomic mass is 9.73. The topological polar surface area (TPSA) is 62.6 Å². The van der Waals surface area contributed by atoms with Crippen LogP contribution in [0.1, 0.15) is 55.8 Å². The highest BCUT2D eigenvalue weighted by molar-refractivity contribution is 5.94. The lowest BCUT2D eigenvalue weighted by molar-refractivity contribution is -0.139. The summed E-state index contributed by atoms with van der Waals surface area (Å²) >= 11 is 0. The molecule has 0 bridgehead atoms. The number of hydrogen-bond donors (Lipinski definition) is 0. The van der Waals surface area contributed by atoms with Crippen molar-refractivity contribution in [2.24, 2.45) is 12.5 Å². The number of carbonyl (C=O) groups is 2. The normalized spacial score (nSPS) is 23.5. The highest BCUT2D eigenvalue weighted by Crippen LogP contribution is 2.39. The van der Waals surface area contributed by atoms with Crippen molar-refractivity contribution in [3.63, 3.8) is 0 Å². The second kappa shape index (κ2) is 7.64. The molecule has 1 spiro atoms. The molecule has 0 aromatic carbocycles. The van der Waals surface area contributed by atoms with Gasteiger partial charge in [0.2, 0.25) is 11.5 Å². The summed E-state index contributed by atoms with van der Waals surface area (Å²) in [7, 11) is 1.66. The van der Waals surface area contributed by atoms with Gasteiger partial charge in [0.05, 0.1) is 5.56 Å². The zero-order chi connectivity index (χ0) is 18.7. The van der Waals surface area contributed by atoms with E-state index >= 15 is 0 Å². The van der Waals surface area contributed by atoms with Crippen molar-refractivity contribution in [1.82, 2.24) is 14.4 Å². The number of likely N-dealkylation sites (tertiary alicyclic amines) is 2. The van der Waals surface area contributed by atoms with Gasteiger partial charge in [-0.1, -0.05) is 13.3 Å². The maximum Gasteiger partial charge on any atom is 0.255 e. The Kier molecular flexibility index (Phi) is 5.49. The Hall–Kier alpha value is -2.11. The third kappa shape index (κ3) is 3.84. The lowest BCUT2D eigenvalue weighted by Gasteiger charge is -2.48. The van der Waals surface area contributed by atoms with Crippen molar-refractivity contribution in [3.8, 4) is 0 Å². The molecule has 6 nitrogen and oxygen atoms in total. The molecule has 3 heterocycles. The summed E-state index contributed by atoms with van der Waals surface area (Å²) in [4.78, 5) is 40.7. The van der Waals surface area contributed by atoms with Crippen molar-refractivity contribution >= 4 is 11.8 Å². The number of piperidine rings is 2. The molecule has 1 atom stereocenters. The zero-order valence-electron chi connectivity index (χ0n) is 15.9. The second-order valence-electron chi connectivity index (χ2n) is 7.87. The molecule has 2 saturated heterocycles. The fraction of sp³-hybridized carbons (Fsp3) is 0.650. The predicted octanol–water partition coefficient (Wildman–Crippen LogP) is 2.03. The molecule has 0 saturated carbocycles. The first-order valence-corrected chi connectivity index (χ1v) is 9.68. The fourth-order valence-corrected chi connectivity index (χ4v) is 4.27. The minimum Gasteiger partial charge on any atom is -0.342 e. The van der Waals surface area contributed by atoms with E-state index in [1.807, 2.05) is 9.80 Å². The minimum atomic E-state index is -0.117. The number of pyridine rings is 1. The van der Waals surface area contributed by atoms with Gasteiger partial charge in [-0.3, -0.25) is 14.4 Å². The van der Waals surface area contributed by atoms with Crippen LogP contribution in [0.15, 0.2) is 23.1 Å². The van der Waals surface area contributed by atoms with Crippen LogP contribution in [0.25, 0.3) is 0 Å². The molecule has 2 aliphatic heterocycles. The van der Waals surface area contributed by atoms with Crippen molar-refractivity contribution in [2.75, 3.05) is 26.2 Å². The Morgan fingerprint density at radius 1 is 1.19 bits per heavy atom. The number of carbonyl (C=O) groups excluding carboxylic acids is 2. The van der Waals surface area contributed by atoms with Crippen LogP contribution in [0, 0.1) is 5.41 Å². The molecule has 2 amide bonds. The molecule has 0 unspecified atom stereocenters. The fourth-order valence-electron chi connectivity index (χ4n) is 4.27. The first-order valence-electron chi connectivity index (χ1n) is 9.68. The van der Waals surface area contributed by atoms with Crippen LogP contribution >= 0.6 is 0 Å². The van der Waals surface area contributed by atoms with E-state index in [9.17, 15) is 14.4 Å². The van der Waals surface area contributed by atoms with Gasteiger partial charge in [0, 0.05) is 57.3 Å². The van der Waals surface area contributed by atoms with Crippen LogP contribution in [0.2, 0.25) is 0 Å². The lowest BCUT2D eigenvalue weighted by Crippen LogP contribution is -2.55. The van der Waals surface area contributed by atoms with Gasteiger partial charge in [-0.2, -0.15) is 0 Å². The van der Waals surface area contributed by atoms with Gasteiger partial charge in [-0.25, -0.2) is 0 Å². The van der Waals surface area contributed by atoms with E-state index in [4.69, 9.17) is 0 Å². The van der Waals surface area contributed by atoms with Gasteiger partial charge >= 0.3 is 0 Å². The zero-order valence-corrected chi connectivity index (χ0v) is 15.9. The average molecular weight is 359 g/mol. The van der Waals surface area contributed by atoms with Gasteiger partial charge in [0.25, 0.3) is 5.91 Å². The Morgan fingerprint density at radius 3 is 2.73 bits per heavy atom. The van der Waals surface area contributed by atoms with Gasteiger partial charge in [0.15, 0.2) is 0 Å². The van der Waals surface area contributed by atoms with Gasteiger partial charge in [-0.05, 0) is 31.7 Å². The molecule has 1 aromatic rings. The summed E-state index contributed by atoms with van der Waals surface area (Å²) in [5.74, 6) is 0.238. The molecule has 6 heteroatoms. The van der Waals surface area contributed by atoms with Gasteiger partial charge in [0.1, 0.15) is 0 Å². The number of unbranched alkanes of at least 4 members (excludes halogenated alkanes) is 1. The molecule has 3 rings (SSSR count). The van der Waals surface area contributed by atoms with Crippen LogP contribution in [0.5, 0.6) is 0 Å². The Morgan fingerprint density at radius 2 is 2.00 bits per heavy atom. The quantitative estimate of drug-likeness (QED) is 0.826. The number of rotatable bonds is 4. The third-order valence-corrected chi connectivity index (χ3v) is 5.81. The predicted molar refractivity (Wildman–Crippen MR) is 100.0 cm³/mol. The second-order valence-corrected chi connectivity index (χ2v) is 7.87. The van der Waals surface area contributed by atoms with Gasteiger partial charge < -0.3 is 14.4 Å². The first-order chi connectivity index (χ1) is 12.4. The monoisotopic (exact) mass is 359 g/mol. The standard InChI is InChI=1S/C20H29N3O3/c1-3-4-11-22-14-20(10-8-18(22)25)9-5-12-23(15-20)19(26)16-6-7-17(24)21(2)13-16/h6-7,13H,3-5,8-12,14-15H2,1-2H3/t20-/m1/s1. The van der Waals surface area contributed by atoms with E-state index in [2.05, 4.69) is 6.92 Å². The third-order valence-electron chi connectivity index (χ3n) is 5.81. The van der Waals surface area contributed by atoms with Crippen molar-refractivity contribution < 1.29 is 9.59 Å². The van der Waals surface area contributed by atoms with E-state index < -0.39 is 0 Å². The Balaban J connectivity index is 1.73. The molecule has 1 aromatic heterocycles. The maximum absolute atomic E-state index is 12.9. The minimum absolute atomic E-state index is 0.0170. The molecular formula is C20H29N3O3. The van der Waals surface area contributed by atoms with Gasteiger partial charge in [-0.15, -0.1) is 0 Å². The Labute approximate surface area is 154 Å². The molecular weight excluding hydrogens is 330 g/mol. The molecule has 0 radical (unpaired) electrons. The molecule has 2 aliphatic rings. The number of nitrogens with zero attached hydrogens (tertiary/aromatic N) is 3. The summed E-state index contributed by atoms with van der Waals surface area (Å²) in [6.45, 7) is 5.17. The summed E-state index contributed by atoms with van der Waals surface area (Å²) in [5, 5.41) is 0. The van der Waals surface area contributed by atoms with Crippen LogP contribution in [-0.2, 0) is 11.8 Å². The largest absolute Gasteiger partial charge is 0.342 e. The van der Waals surface area contributed by atoms with Crippen molar-refractivity contribution in [2.45, 2.75) is 45.4 Å². The maximum atomic E-state index is 12.9. The van der Waals surface area contributed by atoms with Crippen molar-refractivity contribution in [1.29, 1.82) is 0 Å². The van der Waals surface area contributed by atoms with E-state index in [1.54, 1.807) is 19.3 Å². The SMILES string of the molecule is CCCCN1C[C@@]2(CCCN(C(=O)c3ccc(=O)n(C)c3)C2)CCC1=O. The van der Waals surface area contributed by atoms with E-state index in [0.29, 0.717) is 18.5 Å². The smallest absolute Gasteiger partial charge is 0.255 e. The highest BCUT2D eigenvalue weighted by atomic mass is 16.2. The summed E-state index contributed by atoms with van der Waals surface area (Å²) in [6, 6.07) is 3.06. The van der Waals surface area contributed by atoms with Crippen LogP contribution in [0.3, 0.4) is 0 Å². The summed E-state index contributed by atoms with van der Waals surface area (Å²) in [6.07, 6.45) is 7.21.